The van der Waals surface area contributed by atoms with Gasteiger partial charge in [-0.15, -0.1) is 12.4 Å². The fraction of sp³-hybridized carbons (Fsp3) is 0.464. The van der Waals surface area contributed by atoms with Crippen molar-refractivity contribution >= 4 is 30.2 Å². The Morgan fingerprint density at radius 3 is 2.35 bits per heavy atom. The molecule has 2 aromatic carbocycles. The number of aliphatic carboxylic acids is 1. The molecule has 8 nitrogen and oxygen atoms in total. The highest BCUT2D eigenvalue weighted by Crippen LogP contribution is 2.51. The first kappa shape index (κ1) is 28.6. The first-order chi connectivity index (χ1) is 17.1. The number of carbonyl (C=O) groups is 3. The first-order valence-electron chi connectivity index (χ1n) is 12.4. The van der Waals surface area contributed by atoms with Gasteiger partial charge in [-0.1, -0.05) is 54.6 Å². The summed E-state index contributed by atoms with van der Waals surface area (Å²) in [6.45, 7) is 4.50. The third-order valence-corrected chi connectivity index (χ3v) is 7.42. The molecule has 200 valence electrons. The second kappa shape index (κ2) is 11.6. The van der Waals surface area contributed by atoms with Crippen molar-refractivity contribution in [3.8, 4) is 0 Å². The van der Waals surface area contributed by atoms with Crippen LogP contribution in [0.1, 0.15) is 55.7 Å². The van der Waals surface area contributed by atoms with Crippen LogP contribution in [0, 0.1) is 0 Å². The van der Waals surface area contributed by atoms with Crippen LogP contribution < -0.4 is 11.1 Å². The molecule has 0 unspecified atom stereocenters. The summed E-state index contributed by atoms with van der Waals surface area (Å²) < 4.78 is 5.82. The maximum absolute atomic E-state index is 13.5. The van der Waals surface area contributed by atoms with Crippen LogP contribution in [0.2, 0.25) is 0 Å². The number of carboxylic acids is 1. The van der Waals surface area contributed by atoms with E-state index >= 15 is 0 Å². The number of hydrogen-bond acceptors (Lipinski definition) is 5. The van der Waals surface area contributed by atoms with E-state index in [0.717, 1.165) is 16.7 Å². The van der Waals surface area contributed by atoms with Crippen LogP contribution in [0.25, 0.3) is 0 Å². The number of halogens is 1. The van der Waals surface area contributed by atoms with E-state index in [1.807, 2.05) is 54.6 Å². The minimum absolute atomic E-state index is 0. The van der Waals surface area contributed by atoms with Gasteiger partial charge >= 0.3 is 5.97 Å². The van der Waals surface area contributed by atoms with Gasteiger partial charge in [-0.2, -0.15) is 0 Å². The van der Waals surface area contributed by atoms with Crippen LogP contribution in [-0.2, 0) is 31.1 Å². The summed E-state index contributed by atoms with van der Waals surface area (Å²) in [6, 6.07) is 16.5. The number of nitrogens with one attached hydrogen (secondary N) is 1. The second-order valence-corrected chi connectivity index (χ2v) is 10.5. The van der Waals surface area contributed by atoms with Crippen LogP contribution >= 0.6 is 12.4 Å². The predicted octanol–water partition coefficient (Wildman–Crippen LogP) is 2.98. The Bertz CT molecular complexity index is 1110. The quantitative estimate of drug-likeness (QED) is 0.483. The lowest BCUT2D eigenvalue weighted by Gasteiger charge is -2.41. The van der Waals surface area contributed by atoms with Crippen molar-refractivity contribution < 1.29 is 24.2 Å². The molecular weight excluding hydrogens is 494 g/mol. The Hall–Kier alpha value is -2.94. The Kier molecular flexibility index (Phi) is 9.00. The number of amides is 2. The van der Waals surface area contributed by atoms with Crippen LogP contribution in [0.5, 0.6) is 0 Å². The normalized spacial score (nSPS) is 19.0. The summed E-state index contributed by atoms with van der Waals surface area (Å²) in [7, 11) is 0. The van der Waals surface area contributed by atoms with E-state index in [1.165, 1.54) is 0 Å². The van der Waals surface area contributed by atoms with Crippen molar-refractivity contribution in [1.82, 2.24) is 10.2 Å². The number of carboxylic acid groups (broad SMARTS) is 1. The zero-order chi connectivity index (χ0) is 25.9. The largest absolute Gasteiger partial charge is 0.481 e. The van der Waals surface area contributed by atoms with E-state index in [4.69, 9.17) is 10.5 Å². The van der Waals surface area contributed by atoms with E-state index in [0.29, 0.717) is 39.0 Å². The van der Waals surface area contributed by atoms with Crippen LogP contribution in [0.4, 0.5) is 0 Å². The maximum Gasteiger partial charge on any atom is 0.311 e. The average Bonchev–Trinajstić information content (AvgIpc) is 3.18. The fourth-order valence-corrected chi connectivity index (χ4v) is 5.35. The minimum Gasteiger partial charge on any atom is -0.481 e. The predicted molar refractivity (Wildman–Crippen MR) is 142 cm³/mol. The van der Waals surface area contributed by atoms with E-state index in [2.05, 4.69) is 5.32 Å². The summed E-state index contributed by atoms with van der Waals surface area (Å²) in [6.07, 6.45) is 1.90. The van der Waals surface area contributed by atoms with Gasteiger partial charge in [-0.3, -0.25) is 14.4 Å². The van der Waals surface area contributed by atoms with Crippen molar-refractivity contribution in [1.29, 1.82) is 0 Å². The molecule has 9 heteroatoms. The van der Waals surface area contributed by atoms with Crippen LogP contribution in [0.3, 0.4) is 0 Å². The molecule has 0 bridgehead atoms. The van der Waals surface area contributed by atoms with Gasteiger partial charge in [0.15, 0.2) is 0 Å². The molecule has 2 amide bonds. The third-order valence-electron chi connectivity index (χ3n) is 7.42. The molecule has 1 heterocycles. The molecule has 1 fully saturated rings. The molecule has 2 aliphatic rings. The van der Waals surface area contributed by atoms with Gasteiger partial charge < -0.3 is 25.8 Å². The molecule has 1 saturated heterocycles. The number of likely N-dealkylation sites (tertiary alicyclic amines) is 1. The molecule has 37 heavy (non-hydrogen) atoms. The topological polar surface area (TPSA) is 122 Å². The minimum atomic E-state index is -1.14. The Labute approximate surface area is 224 Å². The highest BCUT2D eigenvalue weighted by atomic mass is 35.5. The Morgan fingerprint density at radius 1 is 1.11 bits per heavy atom. The Morgan fingerprint density at radius 2 is 1.73 bits per heavy atom. The standard InChI is InChI=1S/C28H35N3O5.ClH/c1-27(2,29)26(35)30-23(18-36-17-19-8-4-3-5-9-19)24(32)31-14-12-28(13-15-31)16-21(25(33)34)20-10-6-7-11-22(20)28;/h3-11,21,23H,12-18,29H2,1-2H3,(H,30,35)(H,33,34);1H/t21-,23+;/m0./s1. The van der Waals surface area contributed by atoms with Gasteiger partial charge in [0.2, 0.25) is 11.8 Å². The molecule has 2 aromatic rings. The van der Waals surface area contributed by atoms with Gasteiger partial charge in [0.1, 0.15) is 6.04 Å². The number of benzene rings is 2. The van der Waals surface area contributed by atoms with Crippen molar-refractivity contribution in [2.75, 3.05) is 19.7 Å². The number of ether oxygens (including phenoxy) is 1. The smallest absolute Gasteiger partial charge is 0.311 e. The second-order valence-electron chi connectivity index (χ2n) is 10.5. The third kappa shape index (κ3) is 6.32. The summed E-state index contributed by atoms with van der Waals surface area (Å²) in [4.78, 5) is 39.8. The summed E-state index contributed by atoms with van der Waals surface area (Å²) >= 11 is 0. The molecule has 1 aliphatic heterocycles. The molecule has 0 saturated carbocycles. The molecule has 4 rings (SSSR count). The zero-order valence-electron chi connectivity index (χ0n) is 21.3. The summed E-state index contributed by atoms with van der Waals surface area (Å²) in [5.41, 5.74) is 7.52. The summed E-state index contributed by atoms with van der Waals surface area (Å²) in [5.74, 6) is -1.96. The van der Waals surface area contributed by atoms with E-state index in [-0.39, 0.29) is 30.3 Å². The zero-order valence-corrected chi connectivity index (χ0v) is 22.1. The van der Waals surface area contributed by atoms with Crippen LogP contribution in [-0.4, -0.2) is 59.1 Å². The maximum atomic E-state index is 13.5. The number of carbonyl (C=O) groups excluding carboxylic acids is 2. The van der Waals surface area contributed by atoms with Gasteiger partial charge in [0.05, 0.1) is 24.7 Å². The molecular formula is C28H36ClN3O5. The van der Waals surface area contributed by atoms with E-state index in [1.54, 1.807) is 18.7 Å². The lowest BCUT2D eigenvalue weighted by Crippen LogP contribution is -2.59. The monoisotopic (exact) mass is 529 g/mol. The SMILES string of the molecule is CC(C)(N)C(=O)N[C@H](COCc1ccccc1)C(=O)N1CCC2(CC1)C[C@H](C(=O)O)c1ccccc12.Cl. The number of fused-ring (bicyclic) bond motifs is 2. The van der Waals surface area contributed by atoms with E-state index in [9.17, 15) is 19.5 Å². The van der Waals surface area contributed by atoms with Gasteiger partial charge in [0.25, 0.3) is 0 Å². The van der Waals surface area contributed by atoms with Crippen molar-refractivity contribution in [3.63, 3.8) is 0 Å². The van der Waals surface area contributed by atoms with Crippen LogP contribution in [0.15, 0.2) is 54.6 Å². The van der Waals surface area contributed by atoms with Crippen molar-refractivity contribution in [3.05, 3.63) is 71.3 Å². The molecule has 1 spiro atoms. The summed E-state index contributed by atoms with van der Waals surface area (Å²) in [5, 5.41) is 12.6. The number of nitrogens with zero attached hydrogens (tertiary/aromatic N) is 1. The molecule has 0 aromatic heterocycles. The first-order valence-corrected chi connectivity index (χ1v) is 12.4. The molecule has 1 aliphatic carbocycles. The van der Waals surface area contributed by atoms with Gasteiger partial charge in [-0.25, -0.2) is 0 Å². The lowest BCUT2D eigenvalue weighted by molar-refractivity contribution is -0.141. The Balaban J connectivity index is 0.00000380. The highest BCUT2D eigenvalue weighted by Gasteiger charge is 2.48. The molecule has 2 atom stereocenters. The fourth-order valence-electron chi connectivity index (χ4n) is 5.35. The number of hydrogen-bond donors (Lipinski definition) is 3. The lowest BCUT2D eigenvalue weighted by atomic mass is 9.73. The van der Waals surface area contributed by atoms with Gasteiger partial charge in [0, 0.05) is 18.5 Å². The number of rotatable bonds is 8. The van der Waals surface area contributed by atoms with Gasteiger partial charge in [-0.05, 0) is 49.8 Å². The van der Waals surface area contributed by atoms with Crippen molar-refractivity contribution in [2.45, 2.75) is 62.6 Å². The highest BCUT2D eigenvalue weighted by molar-refractivity contribution is 5.91. The number of piperidine rings is 1. The van der Waals surface area contributed by atoms with E-state index < -0.39 is 29.4 Å². The molecule has 0 radical (unpaired) electrons. The number of nitrogens with two attached hydrogens (primary N) is 1. The molecule has 4 N–H and O–H groups in total. The van der Waals surface area contributed by atoms with Crippen molar-refractivity contribution in [2.24, 2.45) is 5.73 Å². The average molecular weight is 530 g/mol.